The van der Waals surface area contributed by atoms with Crippen LogP contribution in [0.3, 0.4) is 0 Å². The summed E-state index contributed by atoms with van der Waals surface area (Å²) < 4.78 is 35.5. The van der Waals surface area contributed by atoms with E-state index in [1.54, 1.807) is 0 Å². The van der Waals surface area contributed by atoms with Gasteiger partial charge in [0.2, 0.25) is 0 Å². The van der Waals surface area contributed by atoms with Crippen LogP contribution in [0.1, 0.15) is 91.9 Å². The molecule has 6 nitrogen and oxygen atoms in total. The van der Waals surface area contributed by atoms with Crippen LogP contribution in [0.25, 0.3) is 10.8 Å². The Kier molecular flexibility index (Phi) is 12.0. The van der Waals surface area contributed by atoms with Gasteiger partial charge < -0.3 is 28.4 Å². The second kappa shape index (κ2) is 15.4. The van der Waals surface area contributed by atoms with Crippen molar-refractivity contribution in [2.45, 2.75) is 115 Å². The molecule has 0 spiro atoms. The van der Waals surface area contributed by atoms with Gasteiger partial charge in [-0.25, -0.2) is 0 Å². The molecule has 0 bridgehead atoms. The van der Waals surface area contributed by atoms with Crippen molar-refractivity contribution in [2.75, 3.05) is 39.6 Å². The van der Waals surface area contributed by atoms with Crippen LogP contribution in [0.2, 0.25) is 0 Å². The Morgan fingerprint density at radius 2 is 0.950 bits per heavy atom. The molecule has 40 heavy (non-hydrogen) atoms. The zero-order valence-corrected chi connectivity index (χ0v) is 25.4. The van der Waals surface area contributed by atoms with Crippen molar-refractivity contribution >= 4 is 10.8 Å². The molecular formula is C34H52O6. The largest absolute Gasteiger partial charge is 0.493 e. The predicted octanol–water partition coefficient (Wildman–Crippen LogP) is 7.89. The van der Waals surface area contributed by atoms with Gasteiger partial charge in [-0.1, -0.05) is 51.0 Å². The van der Waals surface area contributed by atoms with Crippen molar-refractivity contribution < 1.29 is 28.4 Å². The lowest BCUT2D eigenvalue weighted by Crippen LogP contribution is -2.21. The van der Waals surface area contributed by atoms with Gasteiger partial charge in [-0.3, -0.25) is 0 Å². The summed E-state index contributed by atoms with van der Waals surface area (Å²) in [6.07, 6.45) is 11.6. The predicted molar refractivity (Wildman–Crippen MR) is 161 cm³/mol. The zero-order chi connectivity index (χ0) is 28.3. The number of hydrogen-bond acceptors (Lipinski definition) is 6. The van der Waals surface area contributed by atoms with Crippen molar-refractivity contribution in [3.8, 4) is 11.5 Å². The summed E-state index contributed by atoms with van der Waals surface area (Å²) in [6, 6.07) is 12.5. The Labute approximate surface area is 242 Å². The highest BCUT2D eigenvalue weighted by molar-refractivity contribution is 5.93. The Morgan fingerprint density at radius 3 is 1.30 bits per heavy atom. The Morgan fingerprint density at radius 1 is 0.575 bits per heavy atom. The molecule has 0 amide bonds. The molecule has 2 aliphatic heterocycles. The first-order valence-electron chi connectivity index (χ1n) is 15.8. The van der Waals surface area contributed by atoms with E-state index in [1.807, 2.05) is 0 Å². The lowest BCUT2D eigenvalue weighted by molar-refractivity contribution is 0.0741. The molecule has 0 radical (unpaired) electrons. The van der Waals surface area contributed by atoms with E-state index in [2.05, 4.69) is 64.1 Å². The highest BCUT2D eigenvalue weighted by Crippen LogP contribution is 2.40. The van der Waals surface area contributed by atoms with Crippen LogP contribution in [0.15, 0.2) is 36.4 Å². The number of fused-ring (bicyclic) bond motifs is 1. The van der Waals surface area contributed by atoms with Crippen molar-refractivity contribution in [1.82, 2.24) is 0 Å². The van der Waals surface area contributed by atoms with Crippen LogP contribution >= 0.6 is 0 Å². The molecule has 2 heterocycles. The minimum Gasteiger partial charge on any atom is -0.493 e. The van der Waals surface area contributed by atoms with E-state index >= 15 is 0 Å². The Balaban J connectivity index is 1.06. The summed E-state index contributed by atoms with van der Waals surface area (Å²) in [4.78, 5) is 0. The molecule has 4 unspecified atom stereocenters. The fraction of sp³-hybridized carbons (Fsp3) is 0.706. The SMILES string of the molecule is CCC1(COCCCCCCOc2cccc3c(OCCCCCCOCC4(CC)OC4C)cccc23)OC1C. The molecule has 0 saturated carbocycles. The topological polar surface area (TPSA) is 62.0 Å². The number of ether oxygens (including phenoxy) is 6. The van der Waals surface area contributed by atoms with Gasteiger partial charge in [0, 0.05) is 24.0 Å². The van der Waals surface area contributed by atoms with E-state index in [0.717, 1.165) is 126 Å². The third-order valence-corrected chi connectivity index (χ3v) is 8.80. The molecule has 224 valence electrons. The zero-order valence-electron chi connectivity index (χ0n) is 25.4. The van der Waals surface area contributed by atoms with Crippen molar-refractivity contribution in [3.63, 3.8) is 0 Å². The molecule has 0 aromatic heterocycles. The van der Waals surface area contributed by atoms with Crippen LogP contribution in [-0.4, -0.2) is 63.1 Å². The van der Waals surface area contributed by atoms with Gasteiger partial charge in [-0.2, -0.15) is 0 Å². The van der Waals surface area contributed by atoms with E-state index in [0.29, 0.717) is 12.2 Å². The van der Waals surface area contributed by atoms with E-state index in [9.17, 15) is 0 Å². The number of epoxide rings is 2. The fourth-order valence-corrected chi connectivity index (χ4v) is 5.56. The van der Waals surface area contributed by atoms with Crippen molar-refractivity contribution in [1.29, 1.82) is 0 Å². The normalized spacial score (nSPS) is 25.3. The number of hydrogen-bond donors (Lipinski definition) is 0. The van der Waals surface area contributed by atoms with E-state index < -0.39 is 0 Å². The van der Waals surface area contributed by atoms with Crippen LogP contribution in [-0.2, 0) is 18.9 Å². The average Bonchev–Trinajstić information content (AvgIpc) is 3.84. The lowest BCUT2D eigenvalue weighted by atomic mass is 10.0. The minimum absolute atomic E-state index is 0.00413. The summed E-state index contributed by atoms with van der Waals surface area (Å²) in [5, 5.41) is 2.23. The summed E-state index contributed by atoms with van der Waals surface area (Å²) in [5.74, 6) is 1.87. The monoisotopic (exact) mass is 556 g/mol. The summed E-state index contributed by atoms with van der Waals surface area (Å²) in [6.45, 7) is 13.1. The van der Waals surface area contributed by atoms with E-state index in [-0.39, 0.29) is 11.2 Å². The van der Waals surface area contributed by atoms with Crippen LogP contribution in [0.4, 0.5) is 0 Å². The standard InChI is InChI=1S/C34H52O6/c1-5-33(27(3)39-33)25-35-21-11-7-9-13-23-37-31-19-15-18-30-29(31)17-16-20-32(30)38-24-14-10-8-12-22-36-26-34(6-2)28(4)40-34/h15-20,27-28H,5-14,21-26H2,1-4H3. The molecule has 2 saturated heterocycles. The van der Waals surface area contributed by atoms with Gasteiger partial charge in [0.25, 0.3) is 0 Å². The highest BCUT2D eigenvalue weighted by atomic mass is 16.6. The number of benzene rings is 2. The van der Waals surface area contributed by atoms with E-state index in [4.69, 9.17) is 28.4 Å². The van der Waals surface area contributed by atoms with Gasteiger partial charge in [0.1, 0.15) is 22.7 Å². The fourth-order valence-electron chi connectivity index (χ4n) is 5.56. The molecular weight excluding hydrogens is 504 g/mol. The molecule has 0 aliphatic carbocycles. The quantitative estimate of drug-likeness (QED) is 0.109. The third-order valence-electron chi connectivity index (χ3n) is 8.80. The summed E-state index contributed by atoms with van der Waals surface area (Å²) in [7, 11) is 0. The average molecular weight is 557 g/mol. The molecule has 4 rings (SSSR count). The molecule has 0 N–H and O–H groups in total. The molecule has 4 atom stereocenters. The first kappa shape index (κ1) is 31.1. The maximum Gasteiger partial charge on any atom is 0.127 e. The first-order valence-corrected chi connectivity index (χ1v) is 15.8. The van der Waals surface area contributed by atoms with Gasteiger partial charge in [-0.05, 0) is 77.3 Å². The van der Waals surface area contributed by atoms with E-state index in [1.165, 1.54) is 0 Å². The second-order valence-electron chi connectivity index (χ2n) is 11.6. The third kappa shape index (κ3) is 8.58. The van der Waals surface area contributed by atoms with Crippen molar-refractivity contribution in [3.05, 3.63) is 36.4 Å². The Bertz CT molecular complexity index is 937. The molecule has 2 aliphatic rings. The van der Waals surface area contributed by atoms with Crippen LogP contribution in [0.5, 0.6) is 11.5 Å². The molecule has 2 aromatic carbocycles. The summed E-state index contributed by atoms with van der Waals surface area (Å²) in [5.41, 5.74) is -0.00827. The number of unbranched alkanes of at least 4 members (excludes halogenated alkanes) is 6. The highest BCUT2D eigenvalue weighted by Gasteiger charge is 2.52. The van der Waals surface area contributed by atoms with Gasteiger partial charge in [0.05, 0.1) is 38.6 Å². The van der Waals surface area contributed by atoms with Crippen LogP contribution < -0.4 is 9.47 Å². The summed E-state index contributed by atoms with van der Waals surface area (Å²) >= 11 is 0. The number of rotatable bonds is 22. The van der Waals surface area contributed by atoms with Crippen LogP contribution in [0, 0.1) is 0 Å². The lowest BCUT2D eigenvalue weighted by Gasteiger charge is -2.13. The minimum atomic E-state index is -0.00413. The van der Waals surface area contributed by atoms with Gasteiger partial charge >= 0.3 is 0 Å². The maximum absolute atomic E-state index is 6.19. The Hall–Kier alpha value is -1.86. The van der Waals surface area contributed by atoms with Gasteiger partial charge in [0.15, 0.2) is 0 Å². The smallest absolute Gasteiger partial charge is 0.127 e. The first-order chi connectivity index (χ1) is 19.5. The second-order valence-corrected chi connectivity index (χ2v) is 11.6. The molecule has 2 aromatic rings. The molecule has 2 fully saturated rings. The molecule has 6 heteroatoms. The van der Waals surface area contributed by atoms with Crippen molar-refractivity contribution in [2.24, 2.45) is 0 Å². The van der Waals surface area contributed by atoms with Gasteiger partial charge in [-0.15, -0.1) is 0 Å². The maximum atomic E-state index is 6.19.